The molecule has 0 fully saturated rings. The molecule has 2 aromatic carbocycles. The van der Waals surface area contributed by atoms with Gasteiger partial charge in [0.2, 0.25) is 0 Å². The van der Waals surface area contributed by atoms with Crippen molar-refractivity contribution >= 4 is 11.9 Å². The fourth-order valence-corrected chi connectivity index (χ4v) is 2.80. The zero-order valence-electron chi connectivity index (χ0n) is 14.1. The summed E-state index contributed by atoms with van der Waals surface area (Å²) in [6, 6.07) is 14.7. The number of carbonyl (C=O) groups excluding carboxylic acids is 2. The molecule has 0 saturated heterocycles. The fraction of sp³-hybridized carbons (Fsp3) is 0.300. The van der Waals surface area contributed by atoms with Gasteiger partial charge in [0.05, 0.1) is 25.2 Å². The standard InChI is InChI=1S/C20H20O5/c1-2-23-19(21)11-16-13-24-18-9-8-15(10-17(16)18)20(22)25-12-14-6-4-3-5-7-14/h3-10,16H,2,11-13H2,1H3. The Morgan fingerprint density at radius 3 is 2.68 bits per heavy atom. The quantitative estimate of drug-likeness (QED) is 0.754. The van der Waals surface area contributed by atoms with E-state index >= 15 is 0 Å². The molecule has 0 aromatic heterocycles. The van der Waals surface area contributed by atoms with Crippen LogP contribution in [-0.2, 0) is 20.9 Å². The molecule has 0 N–H and O–H groups in total. The van der Waals surface area contributed by atoms with Gasteiger partial charge in [0.15, 0.2) is 0 Å². The van der Waals surface area contributed by atoms with Crippen LogP contribution in [0.2, 0.25) is 0 Å². The molecule has 0 bridgehead atoms. The second kappa shape index (κ2) is 7.83. The predicted octanol–water partition coefficient (Wildman–Crippen LogP) is 3.47. The van der Waals surface area contributed by atoms with Gasteiger partial charge in [-0.05, 0) is 30.7 Å². The van der Waals surface area contributed by atoms with E-state index in [1.807, 2.05) is 30.3 Å². The Morgan fingerprint density at radius 2 is 1.92 bits per heavy atom. The highest BCUT2D eigenvalue weighted by Crippen LogP contribution is 2.36. The van der Waals surface area contributed by atoms with E-state index in [0.717, 1.165) is 11.1 Å². The second-order valence-corrected chi connectivity index (χ2v) is 5.83. The average molecular weight is 340 g/mol. The molecule has 25 heavy (non-hydrogen) atoms. The van der Waals surface area contributed by atoms with Crippen LogP contribution < -0.4 is 4.74 Å². The van der Waals surface area contributed by atoms with Gasteiger partial charge in [-0.2, -0.15) is 0 Å². The highest BCUT2D eigenvalue weighted by atomic mass is 16.5. The summed E-state index contributed by atoms with van der Waals surface area (Å²) in [6.07, 6.45) is 0.239. The van der Waals surface area contributed by atoms with E-state index in [-0.39, 0.29) is 24.9 Å². The van der Waals surface area contributed by atoms with Crippen molar-refractivity contribution in [2.75, 3.05) is 13.2 Å². The van der Waals surface area contributed by atoms with Crippen LogP contribution in [0.25, 0.3) is 0 Å². The van der Waals surface area contributed by atoms with E-state index in [4.69, 9.17) is 14.2 Å². The van der Waals surface area contributed by atoms with Crippen LogP contribution >= 0.6 is 0 Å². The lowest BCUT2D eigenvalue weighted by molar-refractivity contribution is -0.143. The number of fused-ring (bicyclic) bond motifs is 1. The van der Waals surface area contributed by atoms with Crippen LogP contribution in [0.1, 0.15) is 40.7 Å². The molecule has 0 spiro atoms. The Labute approximate surface area is 146 Å². The molecule has 0 radical (unpaired) electrons. The lowest BCUT2D eigenvalue weighted by Gasteiger charge is -2.09. The van der Waals surface area contributed by atoms with E-state index in [2.05, 4.69) is 0 Å². The smallest absolute Gasteiger partial charge is 0.338 e. The van der Waals surface area contributed by atoms with Crippen molar-refractivity contribution in [3.05, 3.63) is 65.2 Å². The van der Waals surface area contributed by atoms with E-state index in [1.165, 1.54) is 0 Å². The third-order valence-corrected chi connectivity index (χ3v) is 4.06. The summed E-state index contributed by atoms with van der Waals surface area (Å²) < 4.78 is 15.9. The number of esters is 2. The van der Waals surface area contributed by atoms with E-state index in [9.17, 15) is 9.59 Å². The zero-order chi connectivity index (χ0) is 17.6. The zero-order valence-corrected chi connectivity index (χ0v) is 14.1. The van der Waals surface area contributed by atoms with Crippen molar-refractivity contribution in [1.82, 2.24) is 0 Å². The topological polar surface area (TPSA) is 61.8 Å². The summed E-state index contributed by atoms with van der Waals surface area (Å²) in [4.78, 5) is 24.0. The molecular weight excluding hydrogens is 320 g/mol. The highest BCUT2D eigenvalue weighted by Gasteiger charge is 2.28. The average Bonchev–Trinajstić information content (AvgIpc) is 3.03. The van der Waals surface area contributed by atoms with Gasteiger partial charge in [0.25, 0.3) is 0 Å². The first-order valence-corrected chi connectivity index (χ1v) is 8.30. The Balaban J connectivity index is 1.67. The molecule has 1 unspecified atom stereocenters. The molecule has 2 aromatic rings. The van der Waals surface area contributed by atoms with Crippen molar-refractivity contribution in [1.29, 1.82) is 0 Å². The van der Waals surface area contributed by atoms with Gasteiger partial charge in [0.1, 0.15) is 12.4 Å². The summed E-state index contributed by atoms with van der Waals surface area (Å²) in [7, 11) is 0. The maximum atomic E-state index is 12.3. The fourth-order valence-electron chi connectivity index (χ4n) is 2.80. The van der Waals surface area contributed by atoms with Crippen molar-refractivity contribution < 1.29 is 23.8 Å². The largest absolute Gasteiger partial charge is 0.493 e. The normalized spacial score (nSPS) is 15.2. The van der Waals surface area contributed by atoms with Crippen molar-refractivity contribution in [3.63, 3.8) is 0 Å². The van der Waals surface area contributed by atoms with Gasteiger partial charge in [-0.15, -0.1) is 0 Å². The molecule has 1 aliphatic heterocycles. The summed E-state index contributed by atoms with van der Waals surface area (Å²) in [5.74, 6) is -0.0562. The van der Waals surface area contributed by atoms with Crippen molar-refractivity contribution in [3.8, 4) is 5.75 Å². The summed E-state index contributed by atoms with van der Waals surface area (Å²) >= 11 is 0. The number of ether oxygens (including phenoxy) is 3. The Kier molecular flexibility index (Phi) is 5.33. The molecule has 0 saturated carbocycles. The minimum absolute atomic E-state index is 0.101. The number of hydrogen-bond acceptors (Lipinski definition) is 5. The first-order valence-electron chi connectivity index (χ1n) is 8.30. The molecule has 3 rings (SSSR count). The van der Waals surface area contributed by atoms with Gasteiger partial charge in [-0.1, -0.05) is 30.3 Å². The maximum absolute atomic E-state index is 12.3. The van der Waals surface area contributed by atoms with Gasteiger partial charge < -0.3 is 14.2 Å². The van der Waals surface area contributed by atoms with Crippen LogP contribution in [0.3, 0.4) is 0 Å². The second-order valence-electron chi connectivity index (χ2n) is 5.83. The first-order chi connectivity index (χ1) is 12.2. The van der Waals surface area contributed by atoms with E-state index < -0.39 is 5.97 Å². The minimum Gasteiger partial charge on any atom is -0.493 e. The van der Waals surface area contributed by atoms with Crippen LogP contribution in [0.4, 0.5) is 0 Å². The predicted molar refractivity (Wildman–Crippen MR) is 91.5 cm³/mol. The minimum atomic E-state index is -0.395. The Morgan fingerprint density at radius 1 is 1.12 bits per heavy atom. The number of carbonyl (C=O) groups is 2. The molecular formula is C20H20O5. The Bertz CT molecular complexity index is 754. The van der Waals surface area contributed by atoms with E-state index in [1.54, 1.807) is 25.1 Å². The monoisotopic (exact) mass is 340 g/mol. The molecule has 0 amide bonds. The molecule has 5 heteroatoms. The van der Waals surface area contributed by atoms with Crippen molar-refractivity contribution in [2.24, 2.45) is 0 Å². The molecule has 1 aliphatic rings. The lowest BCUT2D eigenvalue weighted by atomic mass is 9.96. The van der Waals surface area contributed by atoms with Gasteiger partial charge in [-0.25, -0.2) is 4.79 Å². The summed E-state index contributed by atoms with van der Waals surface area (Å²) in [5.41, 5.74) is 2.23. The third-order valence-electron chi connectivity index (χ3n) is 4.06. The molecule has 0 aliphatic carbocycles. The third kappa shape index (κ3) is 4.18. The van der Waals surface area contributed by atoms with Gasteiger partial charge in [0, 0.05) is 11.5 Å². The summed E-state index contributed by atoms with van der Waals surface area (Å²) in [5, 5.41) is 0. The maximum Gasteiger partial charge on any atom is 0.338 e. The van der Waals surface area contributed by atoms with Crippen molar-refractivity contribution in [2.45, 2.75) is 25.9 Å². The first kappa shape index (κ1) is 17.0. The van der Waals surface area contributed by atoms with Crippen LogP contribution in [0.5, 0.6) is 5.75 Å². The summed E-state index contributed by atoms with van der Waals surface area (Å²) in [6.45, 7) is 2.76. The molecule has 130 valence electrons. The number of hydrogen-bond donors (Lipinski definition) is 0. The number of benzene rings is 2. The van der Waals surface area contributed by atoms with Crippen LogP contribution in [-0.4, -0.2) is 25.2 Å². The highest BCUT2D eigenvalue weighted by molar-refractivity contribution is 5.90. The van der Waals surface area contributed by atoms with E-state index in [0.29, 0.717) is 24.5 Å². The number of rotatable bonds is 6. The molecule has 1 atom stereocenters. The SMILES string of the molecule is CCOC(=O)CC1COc2ccc(C(=O)OCc3ccccc3)cc21. The van der Waals surface area contributed by atoms with Gasteiger partial charge >= 0.3 is 11.9 Å². The molecule has 1 heterocycles. The van der Waals surface area contributed by atoms with Gasteiger partial charge in [-0.3, -0.25) is 4.79 Å². The molecule has 5 nitrogen and oxygen atoms in total. The van der Waals surface area contributed by atoms with Crippen LogP contribution in [0.15, 0.2) is 48.5 Å². The Hall–Kier alpha value is -2.82. The van der Waals surface area contributed by atoms with Crippen LogP contribution in [0, 0.1) is 0 Å². The lowest BCUT2D eigenvalue weighted by Crippen LogP contribution is -2.12.